The van der Waals surface area contributed by atoms with E-state index in [9.17, 15) is 0 Å². The summed E-state index contributed by atoms with van der Waals surface area (Å²) in [7, 11) is 0. The van der Waals surface area contributed by atoms with Gasteiger partial charge in [-0.15, -0.1) is 0 Å². The summed E-state index contributed by atoms with van der Waals surface area (Å²) in [6, 6.07) is 0. The number of rotatable bonds is 0. The third-order valence-corrected chi connectivity index (χ3v) is 2.80. The normalized spacial score (nSPS) is 27.6. The molecule has 0 heterocycles. The molecule has 0 saturated heterocycles. The summed E-state index contributed by atoms with van der Waals surface area (Å²) in [5.41, 5.74) is 1.51. The molecule has 0 fully saturated rings. The summed E-state index contributed by atoms with van der Waals surface area (Å²) in [5.74, 6) is 0.682. The number of hydrogen-bond donors (Lipinski definition) is 0. The molecular formula is C7H9I. The van der Waals surface area contributed by atoms with E-state index in [0.29, 0.717) is 5.92 Å². The van der Waals surface area contributed by atoms with Crippen LogP contribution in [0.4, 0.5) is 0 Å². The van der Waals surface area contributed by atoms with Crippen molar-refractivity contribution in [3.63, 3.8) is 0 Å². The van der Waals surface area contributed by atoms with Crippen molar-refractivity contribution in [2.75, 3.05) is 0 Å². The van der Waals surface area contributed by atoms with Gasteiger partial charge in [-0.25, -0.2) is 0 Å². The maximum absolute atomic E-state index is 2.37. The van der Waals surface area contributed by atoms with Crippen molar-refractivity contribution in [3.05, 3.63) is 21.3 Å². The number of hydrogen-bond acceptors (Lipinski definition) is 0. The Hall–Kier alpha value is 0.210. The van der Waals surface area contributed by atoms with E-state index in [1.165, 1.54) is 9.15 Å². The van der Waals surface area contributed by atoms with Crippen LogP contribution in [0, 0.1) is 5.92 Å². The molecule has 1 atom stereocenters. The highest BCUT2D eigenvalue weighted by Gasteiger charge is 2.08. The summed E-state index contributed by atoms with van der Waals surface area (Å²) < 4.78 is 1.41. The molecule has 0 N–H and O–H groups in total. The lowest BCUT2D eigenvalue weighted by Gasteiger charge is -1.98. The molecule has 1 rings (SSSR count). The van der Waals surface area contributed by atoms with Crippen LogP contribution in [0.1, 0.15) is 13.8 Å². The van der Waals surface area contributed by atoms with Gasteiger partial charge in [-0.1, -0.05) is 24.6 Å². The van der Waals surface area contributed by atoms with E-state index in [4.69, 9.17) is 0 Å². The molecular weight excluding hydrogens is 211 g/mol. The molecule has 1 aliphatic carbocycles. The lowest BCUT2D eigenvalue weighted by Crippen LogP contribution is -1.84. The molecule has 0 saturated carbocycles. The molecule has 1 unspecified atom stereocenters. The lowest BCUT2D eigenvalue weighted by atomic mass is 10.1. The Morgan fingerprint density at radius 3 is 2.38 bits per heavy atom. The van der Waals surface area contributed by atoms with Crippen LogP contribution in [0.15, 0.2) is 21.3 Å². The fourth-order valence-electron chi connectivity index (χ4n) is 0.722. The average Bonchev–Trinajstić information content (AvgIpc) is 1.98. The van der Waals surface area contributed by atoms with Crippen LogP contribution < -0.4 is 0 Å². The predicted molar refractivity (Wildman–Crippen MR) is 45.0 cm³/mol. The van der Waals surface area contributed by atoms with Gasteiger partial charge in [-0.05, 0) is 35.4 Å². The third-order valence-electron chi connectivity index (χ3n) is 1.59. The van der Waals surface area contributed by atoms with E-state index in [2.05, 4.69) is 48.6 Å². The third kappa shape index (κ3) is 0.966. The van der Waals surface area contributed by atoms with Gasteiger partial charge in [0.15, 0.2) is 0 Å². The molecule has 0 nitrogen and oxygen atoms in total. The minimum atomic E-state index is 0.682. The summed E-state index contributed by atoms with van der Waals surface area (Å²) >= 11 is 2.37. The summed E-state index contributed by atoms with van der Waals surface area (Å²) in [6.07, 6.45) is 4.41. The lowest BCUT2D eigenvalue weighted by molar-refractivity contribution is 0.881. The van der Waals surface area contributed by atoms with Gasteiger partial charge in [0.1, 0.15) is 0 Å². The minimum Gasteiger partial charge on any atom is -0.0765 e. The first-order chi connectivity index (χ1) is 3.72. The molecule has 0 aromatic rings. The second-order valence-electron chi connectivity index (χ2n) is 2.18. The second-order valence-corrected chi connectivity index (χ2v) is 3.34. The monoisotopic (exact) mass is 220 g/mol. The van der Waals surface area contributed by atoms with Gasteiger partial charge < -0.3 is 0 Å². The molecule has 1 aliphatic rings. The Balaban J connectivity index is 2.85. The molecule has 1 heteroatoms. The Labute approximate surface area is 63.8 Å². The van der Waals surface area contributed by atoms with Crippen LogP contribution >= 0.6 is 22.6 Å². The molecule has 8 heavy (non-hydrogen) atoms. The topological polar surface area (TPSA) is 0 Å². The van der Waals surface area contributed by atoms with Crippen molar-refractivity contribution in [2.24, 2.45) is 5.92 Å². The number of allylic oxidation sites excluding steroid dienone is 4. The van der Waals surface area contributed by atoms with E-state index in [-0.39, 0.29) is 0 Å². The maximum Gasteiger partial charge on any atom is 0.0122 e. The quantitative estimate of drug-likeness (QED) is 0.550. The predicted octanol–water partition coefficient (Wildman–Crippen LogP) is 2.90. The summed E-state index contributed by atoms with van der Waals surface area (Å²) in [4.78, 5) is 0. The highest BCUT2D eigenvalue weighted by atomic mass is 127. The zero-order valence-electron chi connectivity index (χ0n) is 5.11. The van der Waals surface area contributed by atoms with Crippen molar-refractivity contribution in [1.82, 2.24) is 0 Å². The van der Waals surface area contributed by atoms with Crippen LogP contribution in [0.25, 0.3) is 0 Å². The van der Waals surface area contributed by atoms with E-state index in [1.807, 2.05) is 0 Å². The van der Waals surface area contributed by atoms with Gasteiger partial charge in [0.25, 0.3) is 0 Å². The zero-order valence-corrected chi connectivity index (χ0v) is 7.27. The Kier molecular flexibility index (Phi) is 1.75. The Bertz CT molecular complexity index is 154. The fourth-order valence-corrected chi connectivity index (χ4v) is 1.42. The first kappa shape index (κ1) is 6.33. The van der Waals surface area contributed by atoms with E-state index in [1.54, 1.807) is 0 Å². The SMILES string of the molecule is CC1=C(I)C=CC1C. The van der Waals surface area contributed by atoms with Gasteiger partial charge in [-0.2, -0.15) is 0 Å². The summed E-state index contributed by atoms with van der Waals surface area (Å²) in [6.45, 7) is 4.41. The van der Waals surface area contributed by atoms with E-state index >= 15 is 0 Å². The molecule has 0 amide bonds. The molecule has 0 spiro atoms. The molecule has 0 bridgehead atoms. The van der Waals surface area contributed by atoms with Crippen LogP contribution in [0.2, 0.25) is 0 Å². The van der Waals surface area contributed by atoms with Crippen molar-refractivity contribution in [2.45, 2.75) is 13.8 Å². The van der Waals surface area contributed by atoms with Crippen LogP contribution in [0.3, 0.4) is 0 Å². The Morgan fingerprint density at radius 1 is 1.62 bits per heavy atom. The number of halogens is 1. The molecule has 0 aromatic carbocycles. The molecule has 0 aromatic heterocycles. The first-order valence-electron chi connectivity index (χ1n) is 2.76. The summed E-state index contributed by atoms with van der Waals surface area (Å²) in [5, 5.41) is 0. The molecule has 0 radical (unpaired) electrons. The highest BCUT2D eigenvalue weighted by Crippen LogP contribution is 2.28. The van der Waals surface area contributed by atoms with Crippen molar-refractivity contribution in [3.8, 4) is 0 Å². The van der Waals surface area contributed by atoms with Gasteiger partial charge in [0, 0.05) is 3.58 Å². The Morgan fingerprint density at radius 2 is 2.25 bits per heavy atom. The maximum atomic E-state index is 2.37. The smallest absolute Gasteiger partial charge is 0.0122 e. The van der Waals surface area contributed by atoms with Crippen molar-refractivity contribution >= 4 is 22.6 Å². The standard InChI is InChI=1S/C7H9I/c1-5-3-4-7(8)6(5)2/h3-5H,1-2H3. The van der Waals surface area contributed by atoms with Gasteiger partial charge >= 0.3 is 0 Å². The average molecular weight is 220 g/mol. The largest absolute Gasteiger partial charge is 0.0765 e. The fraction of sp³-hybridized carbons (Fsp3) is 0.429. The molecule has 0 aliphatic heterocycles. The van der Waals surface area contributed by atoms with Gasteiger partial charge in [-0.3, -0.25) is 0 Å². The first-order valence-corrected chi connectivity index (χ1v) is 3.84. The van der Waals surface area contributed by atoms with Crippen LogP contribution in [0.5, 0.6) is 0 Å². The van der Waals surface area contributed by atoms with Gasteiger partial charge in [0.2, 0.25) is 0 Å². The zero-order chi connectivity index (χ0) is 6.15. The van der Waals surface area contributed by atoms with Crippen molar-refractivity contribution in [1.29, 1.82) is 0 Å². The second kappa shape index (κ2) is 2.21. The minimum absolute atomic E-state index is 0.682. The van der Waals surface area contributed by atoms with Crippen LogP contribution in [-0.2, 0) is 0 Å². The van der Waals surface area contributed by atoms with Crippen LogP contribution in [-0.4, -0.2) is 0 Å². The van der Waals surface area contributed by atoms with Crippen molar-refractivity contribution < 1.29 is 0 Å². The van der Waals surface area contributed by atoms with E-state index in [0.717, 1.165) is 0 Å². The highest BCUT2D eigenvalue weighted by molar-refractivity contribution is 14.1. The van der Waals surface area contributed by atoms with E-state index < -0.39 is 0 Å². The molecule has 44 valence electrons. The van der Waals surface area contributed by atoms with Gasteiger partial charge in [0.05, 0.1) is 0 Å².